The fraction of sp³-hybridized carbons (Fsp3) is 0.308. The van der Waals surface area contributed by atoms with Gasteiger partial charge in [0.25, 0.3) is 0 Å². The summed E-state index contributed by atoms with van der Waals surface area (Å²) in [6.45, 7) is 2.08. The van der Waals surface area contributed by atoms with E-state index in [4.69, 9.17) is 17.3 Å². The van der Waals surface area contributed by atoms with Gasteiger partial charge in [0.15, 0.2) is 0 Å². The van der Waals surface area contributed by atoms with Crippen molar-refractivity contribution in [3.8, 4) is 0 Å². The van der Waals surface area contributed by atoms with Crippen LogP contribution < -0.4 is 5.73 Å². The average Bonchev–Trinajstić information content (AvgIpc) is 2.30. The summed E-state index contributed by atoms with van der Waals surface area (Å²) in [4.78, 5) is 4.37. The van der Waals surface area contributed by atoms with E-state index in [1.165, 1.54) is 0 Å². The van der Waals surface area contributed by atoms with Crippen molar-refractivity contribution in [1.29, 1.82) is 0 Å². The van der Waals surface area contributed by atoms with E-state index >= 15 is 0 Å². The van der Waals surface area contributed by atoms with Crippen LogP contribution in [0.2, 0.25) is 5.15 Å². The first-order valence-corrected chi connectivity index (χ1v) is 5.88. The highest BCUT2D eigenvalue weighted by atomic mass is 35.5. The van der Waals surface area contributed by atoms with Crippen molar-refractivity contribution in [2.45, 2.75) is 25.8 Å². The van der Waals surface area contributed by atoms with Crippen LogP contribution in [0.15, 0.2) is 30.3 Å². The topological polar surface area (TPSA) is 38.9 Å². The van der Waals surface area contributed by atoms with Crippen molar-refractivity contribution < 1.29 is 0 Å². The van der Waals surface area contributed by atoms with Crippen molar-refractivity contribution >= 4 is 22.5 Å². The highest BCUT2D eigenvalue weighted by Crippen LogP contribution is 2.21. The number of pyridine rings is 1. The minimum absolute atomic E-state index is 0.153. The number of halogens is 1. The Bertz CT molecular complexity index is 496. The molecule has 84 valence electrons. The van der Waals surface area contributed by atoms with Crippen LogP contribution in [0.3, 0.4) is 0 Å². The lowest BCUT2D eigenvalue weighted by atomic mass is 10.0. The maximum absolute atomic E-state index is 6.14. The number of rotatable bonds is 3. The van der Waals surface area contributed by atoms with Crippen molar-refractivity contribution in [2.75, 3.05) is 0 Å². The monoisotopic (exact) mass is 234 g/mol. The van der Waals surface area contributed by atoms with Crippen molar-refractivity contribution in [3.63, 3.8) is 0 Å². The average molecular weight is 235 g/mol. The molecule has 0 fully saturated rings. The first kappa shape index (κ1) is 11.4. The molecule has 1 heterocycles. The summed E-state index contributed by atoms with van der Waals surface area (Å²) >= 11 is 6.14. The SMILES string of the molecule is CCC(N)Cc1cc2ccccc2nc1Cl. The molecule has 0 amide bonds. The lowest BCUT2D eigenvalue weighted by Gasteiger charge is -2.10. The molecule has 1 atom stereocenters. The molecule has 0 saturated carbocycles. The summed E-state index contributed by atoms with van der Waals surface area (Å²) in [7, 11) is 0. The lowest BCUT2D eigenvalue weighted by molar-refractivity contribution is 0.646. The number of nitrogens with two attached hydrogens (primary N) is 1. The van der Waals surface area contributed by atoms with Gasteiger partial charge >= 0.3 is 0 Å². The van der Waals surface area contributed by atoms with Crippen LogP contribution in [-0.2, 0) is 6.42 Å². The zero-order valence-electron chi connectivity index (χ0n) is 9.28. The predicted molar refractivity (Wildman–Crippen MR) is 68.7 cm³/mol. The molecule has 3 heteroatoms. The smallest absolute Gasteiger partial charge is 0.133 e. The molecule has 16 heavy (non-hydrogen) atoms. The van der Waals surface area contributed by atoms with Crippen molar-refractivity contribution in [2.24, 2.45) is 5.73 Å². The Kier molecular flexibility index (Phi) is 3.42. The molecular formula is C13H15ClN2. The fourth-order valence-electron chi connectivity index (χ4n) is 1.71. The number of fused-ring (bicyclic) bond motifs is 1. The zero-order chi connectivity index (χ0) is 11.5. The van der Waals surface area contributed by atoms with E-state index in [1.807, 2.05) is 24.3 Å². The highest BCUT2D eigenvalue weighted by molar-refractivity contribution is 6.30. The molecule has 2 rings (SSSR count). The zero-order valence-corrected chi connectivity index (χ0v) is 10.0. The number of nitrogens with zero attached hydrogens (tertiary/aromatic N) is 1. The van der Waals surface area contributed by atoms with Gasteiger partial charge in [0.05, 0.1) is 5.52 Å². The molecule has 1 aromatic heterocycles. The maximum Gasteiger partial charge on any atom is 0.133 e. The fourth-order valence-corrected chi connectivity index (χ4v) is 1.93. The summed E-state index contributed by atoms with van der Waals surface area (Å²) in [5.41, 5.74) is 7.90. The largest absolute Gasteiger partial charge is 0.327 e. The third kappa shape index (κ3) is 2.34. The Hall–Kier alpha value is -1.12. The summed E-state index contributed by atoms with van der Waals surface area (Å²) in [5.74, 6) is 0. The number of benzene rings is 1. The van der Waals surface area contributed by atoms with Gasteiger partial charge in [-0.1, -0.05) is 36.7 Å². The van der Waals surface area contributed by atoms with Crippen molar-refractivity contribution in [3.05, 3.63) is 41.0 Å². The first-order valence-electron chi connectivity index (χ1n) is 5.50. The van der Waals surface area contributed by atoms with Crippen LogP contribution in [0, 0.1) is 0 Å². The Morgan fingerprint density at radius 2 is 2.12 bits per heavy atom. The molecular weight excluding hydrogens is 220 g/mol. The Morgan fingerprint density at radius 1 is 1.38 bits per heavy atom. The van der Waals surface area contributed by atoms with Gasteiger partial charge in [0.1, 0.15) is 5.15 Å². The number of hydrogen-bond acceptors (Lipinski definition) is 2. The quantitative estimate of drug-likeness (QED) is 0.829. The molecule has 0 aliphatic heterocycles. The van der Waals surface area contributed by atoms with E-state index in [-0.39, 0.29) is 6.04 Å². The van der Waals surface area contributed by atoms with E-state index in [9.17, 15) is 0 Å². The highest BCUT2D eigenvalue weighted by Gasteiger charge is 2.08. The summed E-state index contributed by atoms with van der Waals surface area (Å²) in [5, 5.41) is 1.69. The molecule has 0 aliphatic carbocycles. The van der Waals surface area contributed by atoms with Gasteiger partial charge in [0.2, 0.25) is 0 Å². The molecule has 1 unspecified atom stereocenters. The number of aromatic nitrogens is 1. The first-order chi connectivity index (χ1) is 7.70. The predicted octanol–water partition coefficient (Wildman–Crippen LogP) is 3.17. The molecule has 0 saturated heterocycles. The standard InChI is InChI=1S/C13H15ClN2/c1-2-11(15)8-10-7-9-5-3-4-6-12(9)16-13(10)14/h3-7,11H,2,8,15H2,1H3. The van der Waals surface area contributed by atoms with Crippen LogP contribution >= 0.6 is 11.6 Å². The molecule has 2 N–H and O–H groups in total. The Morgan fingerprint density at radius 3 is 2.88 bits per heavy atom. The number of para-hydroxylation sites is 1. The van der Waals surface area contributed by atoms with Gasteiger partial charge in [-0.3, -0.25) is 0 Å². The lowest BCUT2D eigenvalue weighted by Crippen LogP contribution is -2.21. The second kappa shape index (κ2) is 4.81. The van der Waals surface area contributed by atoms with Gasteiger partial charge in [-0.05, 0) is 30.5 Å². The van der Waals surface area contributed by atoms with E-state index < -0.39 is 0 Å². The van der Waals surface area contributed by atoms with E-state index in [0.29, 0.717) is 5.15 Å². The minimum atomic E-state index is 0.153. The molecule has 2 nitrogen and oxygen atoms in total. The van der Waals surface area contributed by atoms with Crippen LogP contribution in [0.5, 0.6) is 0 Å². The number of hydrogen-bond donors (Lipinski definition) is 1. The second-order valence-corrected chi connectivity index (χ2v) is 4.36. The minimum Gasteiger partial charge on any atom is -0.327 e. The summed E-state index contributed by atoms with van der Waals surface area (Å²) in [6.07, 6.45) is 1.73. The second-order valence-electron chi connectivity index (χ2n) is 4.00. The van der Waals surface area contributed by atoms with Crippen LogP contribution in [-0.4, -0.2) is 11.0 Å². The summed E-state index contributed by atoms with van der Waals surface area (Å²) < 4.78 is 0. The molecule has 2 aromatic rings. The third-order valence-corrected chi connectivity index (χ3v) is 3.08. The van der Waals surface area contributed by atoms with Gasteiger partial charge < -0.3 is 5.73 Å². The van der Waals surface area contributed by atoms with Gasteiger partial charge in [-0.2, -0.15) is 0 Å². The molecule has 0 bridgehead atoms. The van der Waals surface area contributed by atoms with Crippen molar-refractivity contribution in [1.82, 2.24) is 4.98 Å². The van der Waals surface area contributed by atoms with E-state index in [1.54, 1.807) is 0 Å². The molecule has 0 spiro atoms. The maximum atomic E-state index is 6.14. The van der Waals surface area contributed by atoms with Crippen LogP contribution in [0.25, 0.3) is 10.9 Å². The molecule has 0 radical (unpaired) electrons. The summed E-state index contributed by atoms with van der Waals surface area (Å²) in [6, 6.07) is 10.2. The van der Waals surface area contributed by atoms with E-state index in [2.05, 4.69) is 18.0 Å². The van der Waals surface area contributed by atoms with E-state index in [0.717, 1.165) is 29.3 Å². The van der Waals surface area contributed by atoms with Gasteiger partial charge in [0, 0.05) is 11.4 Å². The normalized spacial score (nSPS) is 12.9. The van der Waals surface area contributed by atoms with Crippen LogP contribution in [0.1, 0.15) is 18.9 Å². The molecule has 0 aliphatic rings. The Balaban J connectivity index is 2.42. The van der Waals surface area contributed by atoms with Gasteiger partial charge in [-0.25, -0.2) is 4.98 Å². The van der Waals surface area contributed by atoms with Gasteiger partial charge in [-0.15, -0.1) is 0 Å². The van der Waals surface area contributed by atoms with Crippen LogP contribution in [0.4, 0.5) is 0 Å². The Labute approximate surface area is 100 Å². The molecule has 1 aromatic carbocycles. The third-order valence-electron chi connectivity index (χ3n) is 2.76.